The van der Waals surface area contributed by atoms with Crippen LogP contribution in [0.15, 0.2) is 24.5 Å². The molecule has 0 amide bonds. The van der Waals surface area contributed by atoms with Gasteiger partial charge in [-0.15, -0.1) is 0 Å². The van der Waals surface area contributed by atoms with E-state index >= 15 is 0 Å². The molecular formula is C14H16N2O3S. The number of aromatic nitrogens is 2. The third kappa shape index (κ3) is 2.60. The minimum atomic E-state index is -2.82. The highest BCUT2D eigenvalue weighted by atomic mass is 32.2. The van der Waals surface area contributed by atoms with Crippen molar-refractivity contribution in [2.75, 3.05) is 11.5 Å². The lowest BCUT2D eigenvalue weighted by molar-refractivity contribution is 0.112. The quantitative estimate of drug-likeness (QED) is 0.804. The second kappa shape index (κ2) is 5.01. The summed E-state index contributed by atoms with van der Waals surface area (Å²) in [7, 11) is -2.82. The van der Waals surface area contributed by atoms with Crippen LogP contribution < -0.4 is 0 Å². The maximum atomic E-state index is 11.4. The molecule has 1 saturated heterocycles. The molecule has 0 radical (unpaired) electrons. The number of nitrogens with zero attached hydrogens (tertiary/aromatic N) is 2. The fourth-order valence-corrected chi connectivity index (χ4v) is 4.30. The first-order chi connectivity index (χ1) is 9.57. The Hall–Kier alpha value is -1.69. The highest BCUT2D eigenvalue weighted by molar-refractivity contribution is 7.91. The number of carbonyl (C=O) groups excluding carboxylic acids is 1. The molecule has 1 fully saturated rings. The fraction of sp³-hybridized carbons (Fsp3) is 0.429. The van der Waals surface area contributed by atoms with Crippen LogP contribution in [0.1, 0.15) is 28.9 Å². The first-order valence-corrected chi connectivity index (χ1v) is 8.52. The zero-order chi connectivity index (χ0) is 14.2. The third-order valence-corrected chi connectivity index (χ3v) is 5.58. The predicted octanol–water partition coefficient (Wildman–Crippen LogP) is 1.51. The molecular weight excluding hydrogens is 276 g/mol. The molecule has 0 aromatic carbocycles. The smallest absolute Gasteiger partial charge is 0.153 e. The Bertz CT molecular complexity index is 735. The van der Waals surface area contributed by atoms with Crippen LogP contribution in [0, 0.1) is 5.92 Å². The van der Waals surface area contributed by atoms with E-state index in [-0.39, 0.29) is 11.5 Å². The largest absolute Gasteiger partial charge is 0.306 e. The summed E-state index contributed by atoms with van der Waals surface area (Å²) in [5.74, 6) is 0.929. The molecule has 106 valence electrons. The van der Waals surface area contributed by atoms with Crippen molar-refractivity contribution in [2.24, 2.45) is 5.92 Å². The summed E-state index contributed by atoms with van der Waals surface area (Å²) >= 11 is 0. The van der Waals surface area contributed by atoms with Gasteiger partial charge in [0.1, 0.15) is 15.5 Å². The van der Waals surface area contributed by atoms with Crippen LogP contribution in [0.25, 0.3) is 5.65 Å². The summed E-state index contributed by atoms with van der Waals surface area (Å²) in [5, 5.41) is 0. The van der Waals surface area contributed by atoms with E-state index in [1.54, 1.807) is 6.07 Å². The normalized spacial score (nSPS) is 19.2. The van der Waals surface area contributed by atoms with Crippen molar-refractivity contribution in [3.8, 4) is 0 Å². The van der Waals surface area contributed by atoms with E-state index in [4.69, 9.17) is 0 Å². The first kappa shape index (κ1) is 13.3. The van der Waals surface area contributed by atoms with Gasteiger partial charge in [-0.25, -0.2) is 13.4 Å². The number of hydrogen-bond acceptors (Lipinski definition) is 4. The molecule has 0 N–H and O–H groups in total. The van der Waals surface area contributed by atoms with E-state index < -0.39 is 9.84 Å². The summed E-state index contributed by atoms with van der Waals surface area (Å²) < 4.78 is 24.7. The van der Waals surface area contributed by atoms with Crippen LogP contribution in [-0.2, 0) is 16.3 Å². The number of imidazole rings is 1. The summed E-state index contributed by atoms with van der Waals surface area (Å²) in [6.07, 6.45) is 6.78. The lowest BCUT2D eigenvalue weighted by atomic mass is 9.97. The molecule has 1 aliphatic rings. The first-order valence-electron chi connectivity index (χ1n) is 6.69. The molecule has 0 atom stereocenters. The van der Waals surface area contributed by atoms with Crippen molar-refractivity contribution in [3.63, 3.8) is 0 Å². The van der Waals surface area contributed by atoms with Crippen LogP contribution in [-0.4, -0.2) is 35.6 Å². The molecule has 20 heavy (non-hydrogen) atoms. The van der Waals surface area contributed by atoms with Crippen molar-refractivity contribution in [3.05, 3.63) is 35.8 Å². The van der Waals surface area contributed by atoms with Gasteiger partial charge in [-0.05, 0) is 37.3 Å². The van der Waals surface area contributed by atoms with Gasteiger partial charge in [-0.3, -0.25) is 4.79 Å². The minimum absolute atomic E-state index is 0.282. The van der Waals surface area contributed by atoms with Crippen molar-refractivity contribution in [1.29, 1.82) is 0 Å². The maximum absolute atomic E-state index is 11.4. The summed E-state index contributed by atoms with van der Waals surface area (Å²) in [5.41, 5.74) is 2.16. The predicted molar refractivity (Wildman–Crippen MR) is 75.7 cm³/mol. The van der Waals surface area contributed by atoms with Gasteiger partial charge >= 0.3 is 0 Å². The Kier molecular flexibility index (Phi) is 3.33. The van der Waals surface area contributed by atoms with Crippen molar-refractivity contribution < 1.29 is 13.2 Å². The Labute approximate surface area is 117 Å². The average molecular weight is 292 g/mol. The standard InChI is InChI=1S/C14H16N2O3S/c17-10-12-2-1-5-16-9-13(15-14(12)16)8-11-3-6-20(18,19)7-4-11/h1-2,5,9-11H,3-4,6-8H2. The molecule has 3 heterocycles. The van der Waals surface area contributed by atoms with Gasteiger partial charge in [0, 0.05) is 12.4 Å². The molecule has 2 aromatic heterocycles. The Morgan fingerprint density at radius 1 is 1.35 bits per heavy atom. The lowest BCUT2D eigenvalue weighted by Gasteiger charge is -2.20. The van der Waals surface area contributed by atoms with Crippen LogP contribution >= 0.6 is 0 Å². The molecule has 0 saturated carbocycles. The van der Waals surface area contributed by atoms with E-state index in [2.05, 4.69) is 4.98 Å². The van der Waals surface area contributed by atoms with Crippen LogP contribution in [0.5, 0.6) is 0 Å². The van der Waals surface area contributed by atoms with Crippen LogP contribution in [0.3, 0.4) is 0 Å². The zero-order valence-electron chi connectivity index (χ0n) is 11.0. The molecule has 3 rings (SSSR count). The number of pyridine rings is 1. The Morgan fingerprint density at radius 2 is 2.10 bits per heavy atom. The molecule has 1 aliphatic heterocycles. The van der Waals surface area contributed by atoms with Crippen LogP contribution in [0.4, 0.5) is 0 Å². The third-order valence-electron chi connectivity index (χ3n) is 3.86. The van der Waals surface area contributed by atoms with E-state index in [1.807, 2.05) is 22.9 Å². The summed E-state index contributed by atoms with van der Waals surface area (Å²) in [4.78, 5) is 15.5. The second-order valence-electron chi connectivity index (χ2n) is 5.34. The average Bonchev–Trinajstić information content (AvgIpc) is 2.83. The van der Waals surface area contributed by atoms with Crippen molar-refractivity contribution in [1.82, 2.24) is 9.38 Å². The maximum Gasteiger partial charge on any atom is 0.153 e. The Balaban J connectivity index is 1.80. The zero-order valence-corrected chi connectivity index (χ0v) is 11.8. The van der Waals surface area contributed by atoms with E-state index in [0.717, 1.165) is 18.4 Å². The van der Waals surface area contributed by atoms with Gasteiger partial charge in [-0.1, -0.05) is 0 Å². The molecule has 0 spiro atoms. The topological polar surface area (TPSA) is 68.5 Å². The van der Waals surface area contributed by atoms with Gasteiger partial charge < -0.3 is 4.40 Å². The van der Waals surface area contributed by atoms with Crippen molar-refractivity contribution >= 4 is 21.8 Å². The van der Waals surface area contributed by atoms with Gasteiger partial charge in [0.25, 0.3) is 0 Å². The molecule has 2 aromatic rings. The van der Waals surface area contributed by atoms with Gasteiger partial charge in [-0.2, -0.15) is 0 Å². The Morgan fingerprint density at radius 3 is 2.80 bits per heavy atom. The van der Waals surface area contributed by atoms with Gasteiger partial charge in [0.05, 0.1) is 22.8 Å². The molecule has 6 heteroatoms. The summed E-state index contributed by atoms with van der Waals surface area (Å²) in [6.45, 7) is 0. The second-order valence-corrected chi connectivity index (χ2v) is 7.65. The monoisotopic (exact) mass is 292 g/mol. The molecule has 0 unspecified atom stereocenters. The SMILES string of the molecule is O=Cc1cccn2cc(CC3CCS(=O)(=O)CC3)nc12. The number of carbonyl (C=O) groups is 1. The number of hydrogen-bond donors (Lipinski definition) is 0. The highest BCUT2D eigenvalue weighted by Gasteiger charge is 2.24. The molecule has 5 nitrogen and oxygen atoms in total. The van der Waals surface area contributed by atoms with Gasteiger partial charge in [0.2, 0.25) is 0 Å². The van der Waals surface area contributed by atoms with E-state index in [1.165, 1.54) is 0 Å². The highest BCUT2D eigenvalue weighted by Crippen LogP contribution is 2.23. The number of sulfone groups is 1. The number of fused-ring (bicyclic) bond motifs is 1. The fourth-order valence-electron chi connectivity index (χ4n) is 2.71. The number of rotatable bonds is 3. The molecule has 0 bridgehead atoms. The lowest BCUT2D eigenvalue weighted by Crippen LogP contribution is -2.24. The minimum Gasteiger partial charge on any atom is -0.306 e. The van der Waals surface area contributed by atoms with E-state index in [9.17, 15) is 13.2 Å². The molecule has 0 aliphatic carbocycles. The van der Waals surface area contributed by atoms with Crippen LogP contribution in [0.2, 0.25) is 0 Å². The van der Waals surface area contributed by atoms with Gasteiger partial charge in [0.15, 0.2) is 6.29 Å². The number of aldehydes is 1. The van der Waals surface area contributed by atoms with E-state index in [0.29, 0.717) is 30.0 Å². The van der Waals surface area contributed by atoms with Crippen molar-refractivity contribution in [2.45, 2.75) is 19.3 Å². The summed E-state index contributed by atoms with van der Waals surface area (Å²) in [6, 6.07) is 3.56.